The van der Waals surface area contributed by atoms with Gasteiger partial charge < -0.3 is 20.5 Å². The molecule has 0 saturated carbocycles. The number of ether oxygens (including phenoxy) is 2. The topological polar surface area (TPSA) is 90.6 Å². The molecule has 1 aromatic heterocycles. The second-order valence-corrected chi connectivity index (χ2v) is 5.19. The van der Waals surface area contributed by atoms with Crippen LogP contribution >= 0.6 is 11.3 Å². The summed E-state index contributed by atoms with van der Waals surface area (Å²) >= 11 is 1.19. The Balaban J connectivity index is 3.02. The van der Waals surface area contributed by atoms with Crippen LogP contribution in [0.25, 0.3) is 0 Å². The maximum Gasteiger partial charge on any atom is 0.343 e. The van der Waals surface area contributed by atoms with E-state index >= 15 is 0 Å². The van der Waals surface area contributed by atoms with Gasteiger partial charge in [-0.25, -0.2) is 4.79 Å². The van der Waals surface area contributed by atoms with Crippen LogP contribution in [0.3, 0.4) is 0 Å². The highest BCUT2D eigenvalue weighted by molar-refractivity contribution is 7.19. The zero-order chi connectivity index (χ0) is 15.8. The van der Waals surface area contributed by atoms with Crippen LogP contribution in [-0.2, 0) is 9.47 Å². The summed E-state index contributed by atoms with van der Waals surface area (Å²) in [5, 5.41) is 3.65. The number of nitrogens with one attached hydrogen (secondary N) is 1. The van der Waals surface area contributed by atoms with E-state index in [0.717, 1.165) is 0 Å². The number of hydrogen-bond acceptors (Lipinski definition) is 7. The smallest absolute Gasteiger partial charge is 0.343 e. The second-order valence-electron chi connectivity index (χ2n) is 4.17. The lowest BCUT2D eigenvalue weighted by atomic mass is 10.2. The van der Waals surface area contributed by atoms with Crippen molar-refractivity contribution in [3.63, 3.8) is 0 Å². The number of ketones is 1. The molecule has 7 heteroatoms. The minimum Gasteiger partial charge on any atom is -0.462 e. The lowest BCUT2D eigenvalue weighted by Crippen LogP contribution is -2.13. The molecule has 118 valence electrons. The zero-order valence-electron chi connectivity index (χ0n) is 12.7. The van der Waals surface area contributed by atoms with Crippen LogP contribution in [0, 0.1) is 0 Å². The molecule has 0 bridgehead atoms. The Bertz CT molecular complexity index is 499. The molecule has 3 N–H and O–H groups in total. The van der Waals surface area contributed by atoms with E-state index in [-0.39, 0.29) is 23.6 Å². The Morgan fingerprint density at radius 2 is 1.95 bits per heavy atom. The van der Waals surface area contributed by atoms with E-state index in [1.807, 2.05) is 6.92 Å². The third-order valence-electron chi connectivity index (χ3n) is 2.74. The summed E-state index contributed by atoms with van der Waals surface area (Å²) in [4.78, 5) is 24.3. The Labute approximate surface area is 128 Å². The number of rotatable bonds is 9. The van der Waals surface area contributed by atoms with Crippen molar-refractivity contribution in [3.8, 4) is 0 Å². The van der Waals surface area contributed by atoms with Gasteiger partial charge in [-0.15, -0.1) is 11.3 Å². The van der Waals surface area contributed by atoms with Crippen LogP contribution in [0.15, 0.2) is 0 Å². The van der Waals surface area contributed by atoms with Crippen molar-refractivity contribution in [1.82, 2.24) is 0 Å². The van der Waals surface area contributed by atoms with Gasteiger partial charge in [-0.2, -0.15) is 0 Å². The van der Waals surface area contributed by atoms with E-state index in [1.165, 1.54) is 11.3 Å². The molecule has 1 aromatic rings. The highest BCUT2D eigenvalue weighted by atomic mass is 32.1. The van der Waals surface area contributed by atoms with Crippen LogP contribution in [0.4, 0.5) is 10.7 Å². The van der Waals surface area contributed by atoms with E-state index < -0.39 is 5.97 Å². The predicted molar refractivity (Wildman–Crippen MR) is 84.3 cm³/mol. The van der Waals surface area contributed by atoms with E-state index in [1.54, 1.807) is 13.8 Å². The summed E-state index contributed by atoms with van der Waals surface area (Å²) in [5.41, 5.74) is 6.40. The van der Waals surface area contributed by atoms with Crippen molar-refractivity contribution in [1.29, 1.82) is 0 Å². The van der Waals surface area contributed by atoms with Crippen molar-refractivity contribution >= 4 is 33.8 Å². The van der Waals surface area contributed by atoms with E-state index in [2.05, 4.69) is 5.32 Å². The summed E-state index contributed by atoms with van der Waals surface area (Å²) < 4.78 is 10.2. The van der Waals surface area contributed by atoms with Gasteiger partial charge in [0.2, 0.25) is 0 Å². The van der Waals surface area contributed by atoms with Crippen LogP contribution < -0.4 is 11.1 Å². The third kappa shape index (κ3) is 4.44. The Morgan fingerprint density at radius 1 is 1.24 bits per heavy atom. The highest BCUT2D eigenvalue weighted by Gasteiger charge is 2.25. The quantitative estimate of drug-likeness (QED) is 0.413. The fourth-order valence-electron chi connectivity index (χ4n) is 1.72. The van der Waals surface area contributed by atoms with Gasteiger partial charge in [0.1, 0.15) is 10.6 Å². The molecule has 21 heavy (non-hydrogen) atoms. The zero-order valence-corrected chi connectivity index (χ0v) is 13.5. The Morgan fingerprint density at radius 3 is 2.52 bits per heavy atom. The molecule has 0 unspecified atom stereocenters. The average molecular weight is 314 g/mol. The van der Waals surface area contributed by atoms with Gasteiger partial charge in [-0.1, -0.05) is 6.92 Å². The maximum absolute atomic E-state index is 12.0. The highest BCUT2D eigenvalue weighted by Crippen LogP contribution is 2.37. The van der Waals surface area contributed by atoms with Gasteiger partial charge in [0.05, 0.1) is 23.8 Å². The molecule has 0 spiro atoms. The van der Waals surface area contributed by atoms with Crippen LogP contribution in [-0.4, -0.2) is 38.1 Å². The predicted octanol–water partition coefficient (Wildman–Crippen LogP) is 2.55. The largest absolute Gasteiger partial charge is 0.462 e. The number of thiophene rings is 1. The fourth-order valence-corrected chi connectivity index (χ4v) is 2.87. The Kier molecular flexibility index (Phi) is 7.18. The molecule has 1 rings (SSSR count). The Hall–Kier alpha value is -1.60. The van der Waals surface area contributed by atoms with Crippen LogP contribution in [0.1, 0.15) is 47.2 Å². The van der Waals surface area contributed by atoms with E-state index in [0.29, 0.717) is 36.1 Å². The molecular formula is C14H22N2O4S. The number of anilines is 2. The summed E-state index contributed by atoms with van der Waals surface area (Å²) in [7, 11) is 0. The van der Waals surface area contributed by atoms with E-state index in [4.69, 9.17) is 15.2 Å². The summed E-state index contributed by atoms with van der Waals surface area (Å²) in [6.07, 6.45) is 0.339. The van der Waals surface area contributed by atoms with Crippen LogP contribution in [0.2, 0.25) is 0 Å². The number of carbonyl (C=O) groups is 2. The van der Waals surface area contributed by atoms with Crippen molar-refractivity contribution in [2.45, 2.75) is 27.2 Å². The number of carbonyl (C=O) groups excluding carboxylic acids is 2. The van der Waals surface area contributed by atoms with Gasteiger partial charge in [0.15, 0.2) is 5.78 Å². The summed E-state index contributed by atoms with van der Waals surface area (Å²) in [6, 6.07) is 0. The first-order valence-corrected chi connectivity index (χ1v) is 7.82. The SMILES string of the molecule is CCOCCNc1sc(C(=O)CC)c(N)c1C(=O)OCC. The van der Waals surface area contributed by atoms with Crippen molar-refractivity contribution in [2.75, 3.05) is 37.4 Å². The maximum atomic E-state index is 12.0. The van der Waals surface area contributed by atoms with Gasteiger partial charge >= 0.3 is 5.97 Å². The molecule has 0 amide bonds. The number of Topliss-reactive ketones (excluding diaryl/α,β-unsaturated/α-hetero) is 1. The van der Waals surface area contributed by atoms with Gasteiger partial charge in [0.25, 0.3) is 0 Å². The fraction of sp³-hybridized carbons (Fsp3) is 0.571. The first-order chi connectivity index (χ1) is 10.1. The number of nitrogens with two attached hydrogens (primary N) is 1. The molecule has 0 radical (unpaired) electrons. The third-order valence-corrected chi connectivity index (χ3v) is 3.94. The first-order valence-electron chi connectivity index (χ1n) is 7.00. The molecule has 0 fully saturated rings. The van der Waals surface area contributed by atoms with Gasteiger partial charge in [0, 0.05) is 19.6 Å². The van der Waals surface area contributed by atoms with Gasteiger partial charge in [-0.3, -0.25) is 4.79 Å². The minimum atomic E-state index is -0.514. The molecule has 0 aliphatic heterocycles. The molecule has 0 aromatic carbocycles. The first kappa shape index (κ1) is 17.5. The van der Waals surface area contributed by atoms with Crippen molar-refractivity contribution in [3.05, 3.63) is 10.4 Å². The monoisotopic (exact) mass is 314 g/mol. The molecule has 1 heterocycles. The lowest BCUT2D eigenvalue weighted by Gasteiger charge is -2.07. The minimum absolute atomic E-state index is 0.0825. The average Bonchev–Trinajstić information content (AvgIpc) is 2.80. The second kappa shape index (κ2) is 8.63. The summed E-state index contributed by atoms with van der Waals surface area (Å²) in [6.45, 7) is 7.30. The van der Waals surface area contributed by atoms with Crippen molar-refractivity contribution < 1.29 is 19.1 Å². The standard InChI is InChI=1S/C14H22N2O4S/c1-4-9(17)12-11(15)10(14(18)20-6-3)13(21-12)16-7-8-19-5-2/h16H,4-8,15H2,1-3H3. The normalized spacial score (nSPS) is 10.4. The number of nitrogen functional groups attached to an aromatic ring is 1. The van der Waals surface area contributed by atoms with Crippen LogP contribution in [0.5, 0.6) is 0 Å². The van der Waals surface area contributed by atoms with E-state index in [9.17, 15) is 9.59 Å². The molecular weight excluding hydrogens is 292 g/mol. The molecule has 0 aliphatic rings. The molecule has 6 nitrogen and oxygen atoms in total. The molecule has 0 atom stereocenters. The number of hydrogen-bond donors (Lipinski definition) is 2. The van der Waals surface area contributed by atoms with Gasteiger partial charge in [-0.05, 0) is 13.8 Å². The lowest BCUT2D eigenvalue weighted by molar-refractivity contribution is 0.0529. The molecule has 0 aliphatic carbocycles. The molecule has 0 saturated heterocycles. The van der Waals surface area contributed by atoms with Crippen molar-refractivity contribution in [2.24, 2.45) is 0 Å². The summed E-state index contributed by atoms with van der Waals surface area (Å²) in [5.74, 6) is -0.596. The number of esters is 1.